The predicted octanol–water partition coefficient (Wildman–Crippen LogP) is 3.36. The quantitative estimate of drug-likeness (QED) is 0.718. The molecule has 3 N–H and O–H groups in total. The highest BCUT2D eigenvalue weighted by Gasteiger charge is 2.26. The highest BCUT2D eigenvalue weighted by atomic mass is 32.2. The van der Waals surface area contributed by atoms with Crippen molar-refractivity contribution in [2.45, 2.75) is 19.3 Å². The normalized spacial score (nSPS) is 19.6. The second-order valence-electron chi connectivity index (χ2n) is 6.96. The van der Waals surface area contributed by atoms with E-state index in [0.717, 1.165) is 40.4 Å². The van der Waals surface area contributed by atoms with Gasteiger partial charge in [-0.1, -0.05) is 0 Å². The molecule has 26 heavy (non-hydrogen) atoms. The second kappa shape index (κ2) is 6.55. The number of amides is 1. The minimum absolute atomic E-state index is 0.120. The summed E-state index contributed by atoms with van der Waals surface area (Å²) in [4.78, 5) is 15.1. The lowest BCUT2D eigenvalue weighted by atomic mass is 9.94. The number of rotatable bonds is 4. The van der Waals surface area contributed by atoms with Crippen molar-refractivity contribution < 1.29 is 13.2 Å². The summed E-state index contributed by atoms with van der Waals surface area (Å²) in [6, 6.07) is 5.89. The molecule has 0 spiro atoms. The lowest BCUT2D eigenvalue weighted by Gasteiger charge is -2.21. The number of hydrogen-bond donors (Lipinski definition) is 2. The van der Waals surface area contributed by atoms with Gasteiger partial charge in [0.05, 0.1) is 22.6 Å². The lowest BCUT2D eigenvalue weighted by Crippen LogP contribution is -2.26. The third-order valence-corrected chi connectivity index (χ3v) is 7.63. The number of carbonyl (C=O) groups is 1. The Morgan fingerprint density at radius 1 is 1.31 bits per heavy atom. The van der Waals surface area contributed by atoms with Gasteiger partial charge in [-0.2, -0.15) is 11.3 Å². The van der Waals surface area contributed by atoms with Gasteiger partial charge >= 0.3 is 0 Å². The average molecular weight is 389 g/mol. The smallest absolute Gasteiger partial charge is 0.250 e. The summed E-state index contributed by atoms with van der Waals surface area (Å²) < 4.78 is 23.9. The van der Waals surface area contributed by atoms with E-state index in [0.29, 0.717) is 17.7 Å². The zero-order valence-corrected chi connectivity index (χ0v) is 15.8. The number of H-pyrrole nitrogens is 1. The van der Waals surface area contributed by atoms with Crippen molar-refractivity contribution in [3.8, 4) is 11.1 Å². The molecule has 1 aliphatic rings. The number of primary amides is 1. The number of thiophene rings is 1. The first-order valence-electron chi connectivity index (χ1n) is 8.60. The second-order valence-corrected chi connectivity index (χ2v) is 9.97. The minimum Gasteiger partial charge on any atom is -0.366 e. The van der Waals surface area contributed by atoms with Gasteiger partial charge in [0.2, 0.25) is 0 Å². The number of nitrogens with one attached hydrogen (secondary N) is 1. The fourth-order valence-electron chi connectivity index (χ4n) is 3.84. The molecule has 3 heterocycles. The molecule has 1 fully saturated rings. The van der Waals surface area contributed by atoms with Gasteiger partial charge in [-0.05, 0) is 70.8 Å². The van der Waals surface area contributed by atoms with Gasteiger partial charge in [0.15, 0.2) is 9.84 Å². The van der Waals surface area contributed by atoms with Crippen LogP contribution >= 0.6 is 11.3 Å². The van der Waals surface area contributed by atoms with Gasteiger partial charge in [0.25, 0.3) is 5.91 Å². The molecule has 1 atom stereocenters. The Hall–Kier alpha value is -2.12. The highest BCUT2D eigenvalue weighted by molar-refractivity contribution is 7.91. The molecule has 2 aromatic heterocycles. The molecular formula is C19H20N2O3S2. The Balaban J connectivity index is 1.77. The summed E-state index contributed by atoms with van der Waals surface area (Å²) >= 11 is 1.60. The number of sulfone groups is 1. The van der Waals surface area contributed by atoms with Crippen molar-refractivity contribution >= 4 is 38.0 Å². The van der Waals surface area contributed by atoms with Crippen molar-refractivity contribution in [2.75, 3.05) is 11.5 Å². The van der Waals surface area contributed by atoms with Crippen molar-refractivity contribution in [3.63, 3.8) is 0 Å². The zero-order valence-electron chi connectivity index (χ0n) is 14.2. The standard InChI is InChI=1S/C19H20N2O3S2/c20-19(22)17-8-14(13-3-4-25-10-13)7-16-15(9-21-18(16)17)6-12-2-1-5-26(23,24)11-12/h3-4,7-10,12,21H,1-2,5-6,11H2,(H2,20,22). The Morgan fingerprint density at radius 3 is 2.85 bits per heavy atom. The molecule has 7 heteroatoms. The first kappa shape index (κ1) is 17.3. The van der Waals surface area contributed by atoms with E-state index in [1.807, 2.05) is 29.1 Å². The molecular weight excluding hydrogens is 368 g/mol. The average Bonchev–Trinajstić information content (AvgIpc) is 3.23. The predicted molar refractivity (Wildman–Crippen MR) is 105 cm³/mol. The summed E-state index contributed by atoms with van der Waals surface area (Å²) in [6.07, 6.45) is 4.21. The maximum absolute atomic E-state index is 11.9. The third-order valence-electron chi connectivity index (χ3n) is 5.06. The fraction of sp³-hybridized carbons (Fsp3) is 0.316. The van der Waals surface area contributed by atoms with Crippen LogP contribution in [0, 0.1) is 5.92 Å². The molecule has 0 aliphatic carbocycles. The van der Waals surface area contributed by atoms with E-state index in [1.165, 1.54) is 0 Å². The molecule has 1 unspecified atom stereocenters. The molecule has 1 saturated heterocycles. The Labute approximate surface area is 156 Å². The van der Waals surface area contributed by atoms with Gasteiger partial charge in [-0.25, -0.2) is 8.42 Å². The maximum atomic E-state index is 11.9. The molecule has 1 amide bonds. The molecule has 1 aliphatic heterocycles. The van der Waals surface area contributed by atoms with Crippen LogP contribution in [0.25, 0.3) is 22.0 Å². The lowest BCUT2D eigenvalue weighted by molar-refractivity contribution is 0.100. The summed E-state index contributed by atoms with van der Waals surface area (Å²) in [5.41, 5.74) is 9.83. The van der Waals surface area contributed by atoms with E-state index in [9.17, 15) is 13.2 Å². The van der Waals surface area contributed by atoms with Gasteiger partial charge in [0, 0.05) is 11.6 Å². The summed E-state index contributed by atoms with van der Waals surface area (Å²) in [6.45, 7) is 0. The topological polar surface area (TPSA) is 93.0 Å². The molecule has 5 nitrogen and oxygen atoms in total. The largest absolute Gasteiger partial charge is 0.366 e. The Bertz CT molecular complexity index is 1070. The Kier molecular flexibility index (Phi) is 4.36. The SMILES string of the molecule is NC(=O)c1cc(-c2ccsc2)cc2c(CC3CCCS(=O)(=O)C3)c[nH]c12. The number of fused-ring (bicyclic) bond motifs is 1. The summed E-state index contributed by atoms with van der Waals surface area (Å²) in [7, 11) is -2.94. The summed E-state index contributed by atoms with van der Waals surface area (Å²) in [5, 5.41) is 4.98. The Morgan fingerprint density at radius 2 is 2.15 bits per heavy atom. The van der Waals surface area contributed by atoms with Crippen LogP contribution in [0.4, 0.5) is 0 Å². The van der Waals surface area contributed by atoms with Gasteiger partial charge < -0.3 is 10.7 Å². The van der Waals surface area contributed by atoms with Crippen LogP contribution in [-0.4, -0.2) is 30.8 Å². The molecule has 1 aromatic carbocycles. The number of benzene rings is 1. The first-order valence-corrected chi connectivity index (χ1v) is 11.4. The monoisotopic (exact) mass is 388 g/mol. The number of nitrogens with two attached hydrogens (primary N) is 1. The van der Waals surface area contributed by atoms with E-state index in [4.69, 9.17) is 5.73 Å². The maximum Gasteiger partial charge on any atom is 0.250 e. The van der Waals surface area contributed by atoms with Crippen molar-refractivity contribution in [3.05, 3.63) is 46.3 Å². The first-order chi connectivity index (χ1) is 12.4. The minimum atomic E-state index is -2.94. The van der Waals surface area contributed by atoms with E-state index >= 15 is 0 Å². The summed E-state index contributed by atoms with van der Waals surface area (Å²) in [5.74, 6) is 0.188. The zero-order chi connectivity index (χ0) is 18.3. The molecule has 0 bridgehead atoms. The molecule has 136 valence electrons. The highest BCUT2D eigenvalue weighted by Crippen LogP contribution is 2.32. The molecule has 0 saturated carbocycles. The number of aromatic amines is 1. The van der Waals surface area contributed by atoms with E-state index in [-0.39, 0.29) is 11.7 Å². The molecule has 4 rings (SSSR count). The van der Waals surface area contributed by atoms with Gasteiger partial charge in [0.1, 0.15) is 0 Å². The van der Waals surface area contributed by atoms with Crippen molar-refractivity contribution in [1.82, 2.24) is 4.98 Å². The molecule has 3 aromatic rings. The van der Waals surface area contributed by atoms with Crippen LogP contribution in [0.5, 0.6) is 0 Å². The fourth-order valence-corrected chi connectivity index (χ4v) is 6.28. The van der Waals surface area contributed by atoms with Crippen LogP contribution in [0.2, 0.25) is 0 Å². The van der Waals surface area contributed by atoms with Gasteiger partial charge in [-0.15, -0.1) is 0 Å². The number of carbonyl (C=O) groups excluding carboxylic acids is 1. The van der Waals surface area contributed by atoms with Crippen LogP contribution < -0.4 is 5.73 Å². The van der Waals surface area contributed by atoms with Crippen molar-refractivity contribution in [2.24, 2.45) is 11.7 Å². The van der Waals surface area contributed by atoms with Crippen LogP contribution in [0.15, 0.2) is 35.2 Å². The van der Waals surface area contributed by atoms with Crippen molar-refractivity contribution in [1.29, 1.82) is 0 Å². The van der Waals surface area contributed by atoms with E-state index in [2.05, 4.69) is 11.1 Å². The molecule has 0 radical (unpaired) electrons. The van der Waals surface area contributed by atoms with Crippen LogP contribution in [0.1, 0.15) is 28.8 Å². The van der Waals surface area contributed by atoms with E-state index < -0.39 is 15.7 Å². The number of hydrogen-bond acceptors (Lipinski definition) is 4. The van der Waals surface area contributed by atoms with Crippen LogP contribution in [0.3, 0.4) is 0 Å². The third kappa shape index (κ3) is 3.29. The van der Waals surface area contributed by atoms with E-state index in [1.54, 1.807) is 11.3 Å². The van der Waals surface area contributed by atoms with Gasteiger partial charge in [-0.3, -0.25) is 4.79 Å². The number of aromatic nitrogens is 1. The van der Waals surface area contributed by atoms with Crippen LogP contribution in [-0.2, 0) is 16.3 Å².